The number of ketones is 1. The fourth-order valence-corrected chi connectivity index (χ4v) is 5.13. The van der Waals surface area contributed by atoms with Crippen LogP contribution in [0.2, 0.25) is 0 Å². The summed E-state index contributed by atoms with van der Waals surface area (Å²) in [5.74, 6) is 0.789. The van der Waals surface area contributed by atoms with Gasteiger partial charge < -0.3 is 19.1 Å². The van der Waals surface area contributed by atoms with Crippen LogP contribution in [0.15, 0.2) is 34.9 Å². The van der Waals surface area contributed by atoms with E-state index >= 15 is 0 Å². The maximum Gasteiger partial charge on any atom is 0.196 e. The van der Waals surface area contributed by atoms with E-state index in [2.05, 4.69) is 21.0 Å². The molecule has 1 aromatic heterocycles. The lowest BCUT2D eigenvalue weighted by Crippen LogP contribution is -2.37. The zero-order valence-corrected chi connectivity index (χ0v) is 17.0. The Labute approximate surface area is 175 Å². The third kappa shape index (κ3) is 2.67. The Hall–Kier alpha value is -2.86. The lowest BCUT2D eigenvalue weighted by molar-refractivity contribution is 0.103. The van der Waals surface area contributed by atoms with Gasteiger partial charge in [-0.2, -0.15) is 0 Å². The maximum absolute atomic E-state index is 13.7. The molecule has 3 aromatic rings. The number of hydrogen-bond donors (Lipinski definition) is 0. The molecule has 1 aliphatic carbocycles. The third-order valence-corrected chi connectivity index (χ3v) is 6.66. The van der Waals surface area contributed by atoms with Crippen molar-refractivity contribution in [3.63, 3.8) is 0 Å². The number of morpholine rings is 1. The number of hydrogen-bond acceptors (Lipinski definition) is 6. The summed E-state index contributed by atoms with van der Waals surface area (Å²) < 4.78 is 11.5. The van der Waals surface area contributed by atoms with Gasteiger partial charge in [-0.05, 0) is 18.9 Å². The van der Waals surface area contributed by atoms with Crippen LogP contribution in [0.3, 0.4) is 0 Å². The fourth-order valence-electron chi connectivity index (χ4n) is 5.13. The smallest absolute Gasteiger partial charge is 0.196 e. The van der Waals surface area contributed by atoms with Gasteiger partial charge in [-0.15, -0.1) is 0 Å². The number of ether oxygens (including phenoxy) is 1. The van der Waals surface area contributed by atoms with Crippen LogP contribution in [-0.2, 0) is 4.74 Å². The molecular weight excluding hydrogens is 378 g/mol. The second kappa shape index (κ2) is 7.13. The lowest BCUT2D eigenvalue weighted by Gasteiger charge is -2.33. The minimum Gasteiger partial charge on any atom is -0.378 e. The molecular formula is C24H25N3O3. The molecule has 0 amide bonds. The molecule has 2 fully saturated rings. The molecule has 3 heterocycles. The van der Waals surface area contributed by atoms with Crippen LogP contribution in [0.25, 0.3) is 22.2 Å². The van der Waals surface area contributed by atoms with E-state index in [4.69, 9.17) is 9.26 Å². The number of rotatable bonds is 2. The van der Waals surface area contributed by atoms with Crippen LogP contribution in [0.4, 0.5) is 11.4 Å². The lowest BCUT2D eigenvalue weighted by atomic mass is 9.86. The number of carbonyl (C=O) groups excluding carboxylic acids is 1. The summed E-state index contributed by atoms with van der Waals surface area (Å²) in [4.78, 5) is 18.4. The van der Waals surface area contributed by atoms with E-state index in [-0.39, 0.29) is 5.78 Å². The predicted octanol–water partition coefficient (Wildman–Crippen LogP) is 4.26. The van der Waals surface area contributed by atoms with Gasteiger partial charge in [-0.3, -0.25) is 4.79 Å². The molecule has 6 nitrogen and oxygen atoms in total. The van der Waals surface area contributed by atoms with E-state index in [1.54, 1.807) is 0 Å². The van der Waals surface area contributed by atoms with Gasteiger partial charge in [0, 0.05) is 37.3 Å². The highest BCUT2D eigenvalue weighted by Gasteiger charge is 2.35. The normalized spacial score (nSPS) is 19.1. The predicted molar refractivity (Wildman–Crippen MR) is 117 cm³/mol. The van der Waals surface area contributed by atoms with E-state index in [9.17, 15) is 4.79 Å². The highest BCUT2D eigenvalue weighted by atomic mass is 16.5. The summed E-state index contributed by atoms with van der Waals surface area (Å²) in [6, 6.07) is 9.90. The minimum absolute atomic E-state index is 0.0650. The molecule has 3 aliphatic rings. The van der Waals surface area contributed by atoms with Crippen molar-refractivity contribution in [2.45, 2.75) is 25.7 Å². The van der Waals surface area contributed by atoms with Gasteiger partial charge in [0.25, 0.3) is 0 Å². The average molecular weight is 403 g/mol. The van der Waals surface area contributed by atoms with Crippen molar-refractivity contribution in [1.82, 2.24) is 5.16 Å². The zero-order valence-electron chi connectivity index (χ0n) is 17.0. The first-order valence-corrected chi connectivity index (χ1v) is 11.0. The van der Waals surface area contributed by atoms with Crippen molar-refractivity contribution in [3.8, 4) is 11.3 Å². The quantitative estimate of drug-likeness (QED) is 0.499. The number of aromatic nitrogens is 1. The van der Waals surface area contributed by atoms with Crippen LogP contribution in [0.1, 0.15) is 41.6 Å². The molecule has 6 heteroatoms. The highest BCUT2D eigenvalue weighted by molar-refractivity contribution is 6.28. The maximum atomic E-state index is 13.7. The zero-order chi connectivity index (χ0) is 20.1. The molecule has 0 saturated carbocycles. The molecule has 2 saturated heterocycles. The van der Waals surface area contributed by atoms with Crippen molar-refractivity contribution >= 4 is 28.1 Å². The number of carbonyl (C=O) groups is 1. The number of benzene rings is 2. The van der Waals surface area contributed by atoms with Gasteiger partial charge >= 0.3 is 0 Å². The van der Waals surface area contributed by atoms with E-state index in [1.165, 1.54) is 25.7 Å². The fraction of sp³-hybridized carbons (Fsp3) is 0.417. The monoisotopic (exact) mass is 403 g/mol. The molecule has 154 valence electrons. The van der Waals surface area contributed by atoms with Gasteiger partial charge in [0.05, 0.1) is 35.5 Å². The summed E-state index contributed by atoms with van der Waals surface area (Å²) in [5.41, 5.74) is 5.19. The molecule has 30 heavy (non-hydrogen) atoms. The number of nitrogens with zero attached hydrogens (tertiary/aromatic N) is 3. The highest BCUT2D eigenvalue weighted by Crippen LogP contribution is 2.47. The molecule has 0 unspecified atom stereocenters. The van der Waals surface area contributed by atoms with Gasteiger partial charge in [-0.25, -0.2) is 0 Å². The second-order valence-electron chi connectivity index (χ2n) is 8.40. The van der Waals surface area contributed by atoms with Crippen LogP contribution >= 0.6 is 0 Å². The van der Waals surface area contributed by atoms with Crippen LogP contribution < -0.4 is 9.80 Å². The first-order chi connectivity index (χ1) is 14.8. The van der Waals surface area contributed by atoms with Gasteiger partial charge in [-0.1, -0.05) is 42.3 Å². The average Bonchev–Trinajstić information content (AvgIpc) is 3.06. The van der Waals surface area contributed by atoms with Crippen molar-refractivity contribution < 1.29 is 14.1 Å². The first-order valence-electron chi connectivity index (χ1n) is 11.0. The summed E-state index contributed by atoms with van der Waals surface area (Å²) in [6.07, 6.45) is 4.90. The summed E-state index contributed by atoms with van der Waals surface area (Å²) >= 11 is 0. The number of fused-ring (bicyclic) bond motifs is 2. The largest absolute Gasteiger partial charge is 0.378 e. The molecule has 0 N–H and O–H groups in total. The Morgan fingerprint density at radius 2 is 1.53 bits per heavy atom. The molecule has 2 aromatic carbocycles. The Morgan fingerprint density at radius 3 is 2.30 bits per heavy atom. The summed E-state index contributed by atoms with van der Waals surface area (Å²) in [6.45, 7) is 4.96. The molecule has 0 spiro atoms. The van der Waals surface area contributed by atoms with E-state index in [1.807, 2.05) is 24.3 Å². The van der Waals surface area contributed by atoms with Gasteiger partial charge in [0.15, 0.2) is 11.5 Å². The Morgan fingerprint density at radius 1 is 0.833 bits per heavy atom. The van der Waals surface area contributed by atoms with Crippen molar-refractivity contribution in [2.24, 2.45) is 0 Å². The van der Waals surface area contributed by atoms with Crippen LogP contribution in [-0.4, -0.2) is 50.3 Å². The van der Waals surface area contributed by atoms with Gasteiger partial charge in [0.1, 0.15) is 5.52 Å². The van der Waals surface area contributed by atoms with Crippen molar-refractivity contribution in [2.75, 3.05) is 49.2 Å². The van der Waals surface area contributed by atoms with E-state index in [0.29, 0.717) is 18.8 Å². The SMILES string of the molecule is O=C1c2ccccc2-c2onc3c(N4CCCCCC4)cc(N4CCOCC4)c1c23. The molecule has 0 bridgehead atoms. The molecule has 0 atom stereocenters. The van der Waals surface area contributed by atoms with Crippen molar-refractivity contribution in [3.05, 3.63) is 41.5 Å². The molecule has 0 radical (unpaired) electrons. The summed E-state index contributed by atoms with van der Waals surface area (Å²) in [7, 11) is 0. The number of anilines is 2. The van der Waals surface area contributed by atoms with Crippen LogP contribution in [0, 0.1) is 0 Å². The minimum atomic E-state index is 0.0650. The first kappa shape index (κ1) is 18.0. The van der Waals surface area contributed by atoms with E-state index < -0.39 is 0 Å². The van der Waals surface area contributed by atoms with Crippen molar-refractivity contribution in [1.29, 1.82) is 0 Å². The molecule has 2 aliphatic heterocycles. The topological polar surface area (TPSA) is 58.8 Å². The Balaban J connectivity index is 1.63. The van der Waals surface area contributed by atoms with Crippen LogP contribution in [0.5, 0.6) is 0 Å². The second-order valence-corrected chi connectivity index (χ2v) is 8.40. The standard InChI is InChI=1S/C24H25N3O3/c28-23-16-7-3-4-8-17(16)24-21-20(23)18(27-11-13-29-14-12-27)15-19(22(21)25-30-24)26-9-5-1-2-6-10-26/h3-4,7-8,15H,1-2,5-6,9-14H2. The Kier molecular flexibility index (Phi) is 4.27. The van der Waals surface area contributed by atoms with E-state index in [0.717, 1.165) is 65.3 Å². The molecule has 6 rings (SSSR count). The summed E-state index contributed by atoms with van der Waals surface area (Å²) in [5, 5.41) is 5.38. The Bertz CT molecular complexity index is 1120. The third-order valence-electron chi connectivity index (χ3n) is 6.66. The van der Waals surface area contributed by atoms with Gasteiger partial charge in [0.2, 0.25) is 0 Å².